The van der Waals surface area contributed by atoms with Crippen LogP contribution in [0.4, 0.5) is 0 Å². The third-order valence-electron chi connectivity index (χ3n) is 3.48. The van der Waals surface area contributed by atoms with Crippen LogP contribution in [0.3, 0.4) is 0 Å². The van der Waals surface area contributed by atoms with Gasteiger partial charge in [0.2, 0.25) is 0 Å². The Morgan fingerprint density at radius 1 is 0.864 bits per heavy atom. The van der Waals surface area contributed by atoms with Crippen molar-refractivity contribution in [3.8, 4) is 0 Å². The number of hydrogen-bond acceptors (Lipinski definition) is 1. The number of carbonyl (C=O) groups excluding carboxylic acids is 1. The van der Waals surface area contributed by atoms with Crippen LogP contribution in [0.25, 0.3) is 0 Å². The van der Waals surface area contributed by atoms with Gasteiger partial charge in [0.15, 0.2) is 12.7 Å². The van der Waals surface area contributed by atoms with E-state index in [9.17, 15) is 4.79 Å². The van der Waals surface area contributed by atoms with Crippen molar-refractivity contribution in [1.29, 1.82) is 0 Å². The molecule has 0 fully saturated rings. The summed E-state index contributed by atoms with van der Waals surface area (Å²) in [4.78, 5) is 12.7. The summed E-state index contributed by atoms with van der Waals surface area (Å²) in [5.74, 6) is -0.00630. The summed E-state index contributed by atoms with van der Waals surface area (Å²) < 4.78 is 1.96. The number of benzene rings is 2. The van der Waals surface area contributed by atoms with Crippen LogP contribution in [0.1, 0.15) is 21.6 Å². The molecule has 0 unspecified atom stereocenters. The minimum atomic E-state index is -0.00630. The Kier molecular flexibility index (Phi) is 4.31. The van der Waals surface area contributed by atoms with E-state index in [1.807, 2.05) is 47.2 Å². The Bertz CT molecular complexity index is 782. The summed E-state index contributed by atoms with van der Waals surface area (Å²) in [7, 11) is 0. The number of halogens is 1. The van der Waals surface area contributed by atoms with Gasteiger partial charge in [-0.25, -0.2) is 0 Å². The maximum atomic E-state index is 12.7. The summed E-state index contributed by atoms with van der Waals surface area (Å²) in [5, 5.41) is 0.627. The number of nitrogens with zero attached hydrogens (tertiary/aromatic N) is 1. The summed E-state index contributed by atoms with van der Waals surface area (Å²) >= 11 is 5.88. The van der Waals surface area contributed by atoms with Gasteiger partial charge in [-0.15, -0.1) is 0 Å². The fourth-order valence-electron chi connectivity index (χ4n) is 2.35. The smallest absolute Gasteiger partial charge is 0.256 e. The highest BCUT2D eigenvalue weighted by Gasteiger charge is 2.20. The van der Waals surface area contributed by atoms with Crippen LogP contribution in [0.15, 0.2) is 79.0 Å². The van der Waals surface area contributed by atoms with Crippen LogP contribution in [-0.2, 0) is 6.54 Å². The molecule has 0 aliphatic rings. The van der Waals surface area contributed by atoms with Crippen molar-refractivity contribution in [2.45, 2.75) is 6.54 Å². The van der Waals surface area contributed by atoms with Gasteiger partial charge in [-0.2, -0.15) is 4.57 Å². The normalized spacial score (nSPS) is 10.4. The largest absolute Gasteiger partial charge is 0.282 e. The highest BCUT2D eigenvalue weighted by atomic mass is 35.5. The fraction of sp³-hybridized carbons (Fsp3) is 0.0526. The summed E-state index contributed by atoms with van der Waals surface area (Å²) in [6.07, 6.45) is 1.93. The van der Waals surface area contributed by atoms with E-state index in [2.05, 4.69) is 12.1 Å². The molecule has 0 atom stereocenters. The lowest BCUT2D eigenvalue weighted by Crippen LogP contribution is -2.40. The molecule has 0 saturated heterocycles. The third-order valence-corrected chi connectivity index (χ3v) is 3.73. The lowest BCUT2D eigenvalue weighted by molar-refractivity contribution is -0.690. The third kappa shape index (κ3) is 3.23. The van der Waals surface area contributed by atoms with Crippen molar-refractivity contribution < 1.29 is 9.36 Å². The second-order valence-electron chi connectivity index (χ2n) is 5.04. The van der Waals surface area contributed by atoms with Crippen molar-refractivity contribution in [3.63, 3.8) is 0 Å². The molecule has 2 nitrogen and oxygen atoms in total. The lowest BCUT2D eigenvalue weighted by Gasteiger charge is -2.04. The maximum Gasteiger partial charge on any atom is 0.256 e. The van der Waals surface area contributed by atoms with Gasteiger partial charge in [-0.1, -0.05) is 41.9 Å². The van der Waals surface area contributed by atoms with Crippen LogP contribution in [0, 0.1) is 0 Å². The zero-order chi connectivity index (χ0) is 15.4. The summed E-state index contributed by atoms with van der Waals surface area (Å²) in [5.41, 5.74) is 2.45. The van der Waals surface area contributed by atoms with E-state index >= 15 is 0 Å². The van der Waals surface area contributed by atoms with Crippen LogP contribution in [-0.4, -0.2) is 5.78 Å². The van der Waals surface area contributed by atoms with Crippen molar-refractivity contribution in [2.75, 3.05) is 0 Å². The fourth-order valence-corrected chi connectivity index (χ4v) is 2.48. The number of carbonyl (C=O) groups is 1. The molecule has 3 heteroatoms. The molecule has 2 aromatic carbocycles. The Balaban J connectivity index is 1.94. The Hall–Kier alpha value is -2.45. The molecule has 1 heterocycles. The van der Waals surface area contributed by atoms with Crippen LogP contribution in [0.2, 0.25) is 5.02 Å². The molecule has 1 aromatic heterocycles. The first kappa shape index (κ1) is 14.5. The van der Waals surface area contributed by atoms with Crippen molar-refractivity contribution in [2.24, 2.45) is 0 Å². The first-order chi connectivity index (χ1) is 10.7. The SMILES string of the molecule is O=C(c1ccc(Cl)cc1)c1cccc[n+]1Cc1ccccc1. The number of ketones is 1. The highest BCUT2D eigenvalue weighted by Crippen LogP contribution is 2.12. The van der Waals surface area contributed by atoms with Gasteiger partial charge in [-0.05, 0) is 30.3 Å². The van der Waals surface area contributed by atoms with Crippen LogP contribution >= 0.6 is 11.6 Å². The topological polar surface area (TPSA) is 20.9 Å². The van der Waals surface area contributed by atoms with Gasteiger partial charge < -0.3 is 0 Å². The van der Waals surface area contributed by atoms with Gasteiger partial charge in [-0.3, -0.25) is 4.79 Å². The Morgan fingerprint density at radius 2 is 1.55 bits per heavy atom. The Morgan fingerprint density at radius 3 is 2.27 bits per heavy atom. The molecule has 0 amide bonds. The summed E-state index contributed by atoms with van der Waals surface area (Å²) in [6.45, 7) is 0.663. The van der Waals surface area contributed by atoms with E-state index in [0.717, 1.165) is 5.56 Å². The van der Waals surface area contributed by atoms with Gasteiger partial charge in [0.05, 0.1) is 0 Å². The van der Waals surface area contributed by atoms with Crippen molar-refractivity contribution >= 4 is 17.4 Å². The predicted molar refractivity (Wildman–Crippen MR) is 87.1 cm³/mol. The Labute approximate surface area is 134 Å². The molecule has 108 valence electrons. The molecule has 0 bridgehead atoms. The highest BCUT2D eigenvalue weighted by molar-refractivity contribution is 6.30. The van der Waals surface area contributed by atoms with E-state index in [0.29, 0.717) is 22.8 Å². The van der Waals surface area contributed by atoms with Gasteiger partial charge in [0, 0.05) is 28.3 Å². The first-order valence-corrected chi connectivity index (χ1v) is 7.44. The molecule has 0 radical (unpaired) electrons. The van der Waals surface area contributed by atoms with Gasteiger partial charge >= 0.3 is 0 Å². The number of rotatable bonds is 4. The molecule has 0 spiro atoms. The molecule has 0 saturated carbocycles. The monoisotopic (exact) mass is 308 g/mol. The quantitative estimate of drug-likeness (QED) is 0.529. The average molecular weight is 309 g/mol. The number of aromatic nitrogens is 1. The second-order valence-corrected chi connectivity index (χ2v) is 5.47. The van der Waals surface area contributed by atoms with Crippen LogP contribution < -0.4 is 4.57 Å². The lowest BCUT2D eigenvalue weighted by atomic mass is 10.1. The van der Waals surface area contributed by atoms with E-state index in [1.165, 1.54) is 0 Å². The zero-order valence-corrected chi connectivity index (χ0v) is 12.7. The molecule has 0 aliphatic heterocycles. The molecule has 3 aromatic rings. The van der Waals surface area contributed by atoms with E-state index in [-0.39, 0.29) is 5.78 Å². The van der Waals surface area contributed by atoms with Crippen molar-refractivity contribution in [1.82, 2.24) is 0 Å². The van der Waals surface area contributed by atoms with Crippen LogP contribution in [0.5, 0.6) is 0 Å². The van der Waals surface area contributed by atoms with Gasteiger partial charge in [0.1, 0.15) is 0 Å². The van der Waals surface area contributed by atoms with Crippen molar-refractivity contribution in [3.05, 3.63) is 101 Å². The molecule has 22 heavy (non-hydrogen) atoms. The van der Waals surface area contributed by atoms with E-state index < -0.39 is 0 Å². The van der Waals surface area contributed by atoms with E-state index in [4.69, 9.17) is 11.6 Å². The summed E-state index contributed by atoms with van der Waals surface area (Å²) in [6, 6.07) is 22.7. The average Bonchev–Trinajstić information content (AvgIpc) is 2.56. The first-order valence-electron chi connectivity index (χ1n) is 7.07. The van der Waals surface area contributed by atoms with E-state index in [1.54, 1.807) is 24.3 Å². The predicted octanol–water partition coefficient (Wildman–Crippen LogP) is 3.91. The minimum absolute atomic E-state index is 0.00630. The molecular weight excluding hydrogens is 294 g/mol. The molecule has 3 rings (SSSR count). The molecule has 0 N–H and O–H groups in total. The zero-order valence-electron chi connectivity index (χ0n) is 11.9. The molecular formula is C19H15ClNO+. The molecule has 0 aliphatic carbocycles. The maximum absolute atomic E-state index is 12.7. The minimum Gasteiger partial charge on any atom is -0.282 e. The van der Waals surface area contributed by atoms with Gasteiger partial charge in [0.25, 0.3) is 11.5 Å². The second kappa shape index (κ2) is 6.54. The number of pyridine rings is 1. The standard InChI is InChI=1S/C19H15ClNO/c20-17-11-9-16(10-12-17)19(22)18-8-4-5-13-21(18)14-15-6-2-1-3-7-15/h1-13H,14H2/q+1. The number of hydrogen-bond donors (Lipinski definition) is 0.